The van der Waals surface area contributed by atoms with Crippen molar-refractivity contribution < 1.29 is 0 Å². The number of nitrogens with zero attached hydrogens (tertiary/aromatic N) is 7. The number of nitriles is 1. The van der Waals surface area contributed by atoms with Crippen molar-refractivity contribution in [2.75, 3.05) is 48.0 Å². The molecule has 204 valence electrons. The van der Waals surface area contributed by atoms with Gasteiger partial charge in [0, 0.05) is 32.7 Å². The summed E-state index contributed by atoms with van der Waals surface area (Å²) in [4.78, 5) is 29.7. The van der Waals surface area contributed by atoms with Gasteiger partial charge < -0.3 is 21.8 Å². The summed E-state index contributed by atoms with van der Waals surface area (Å²) >= 11 is 6.52. The van der Waals surface area contributed by atoms with E-state index in [1.165, 1.54) is 5.56 Å². The van der Waals surface area contributed by atoms with Gasteiger partial charge in [-0.05, 0) is 36.5 Å². The Bertz CT molecular complexity index is 1660. The number of aromatic nitrogens is 4. The molecular weight excluding hydrogens is 528 g/mol. The maximum Gasteiger partial charge on any atom is 0.281 e. The summed E-state index contributed by atoms with van der Waals surface area (Å²) in [6, 6.07) is 17.3. The molecule has 11 nitrogen and oxygen atoms in total. The fourth-order valence-electron chi connectivity index (χ4n) is 5.29. The molecule has 0 spiro atoms. The van der Waals surface area contributed by atoms with E-state index in [2.05, 4.69) is 38.4 Å². The first-order valence-electron chi connectivity index (χ1n) is 13.2. The van der Waals surface area contributed by atoms with Crippen LogP contribution in [0.1, 0.15) is 35.8 Å². The van der Waals surface area contributed by atoms with Crippen LogP contribution in [0.2, 0.25) is 5.02 Å². The van der Waals surface area contributed by atoms with Crippen molar-refractivity contribution in [2.45, 2.75) is 25.4 Å². The molecular formula is C28H29ClN10O. The minimum absolute atomic E-state index is 0.00257. The van der Waals surface area contributed by atoms with Crippen LogP contribution in [0.15, 0.2) is 53.3 Å². The van der Waals surface area contributed by atoms with Gasteiger partial charge in [0.15, 0.2) is 11.6 Å². The summed E-state index contributed by atoms with van der Waals surface area (Å²) in [5.41, 5.74) is 13.5. The predicted molar refractivity (Wildman–Crippen MR) is 155 cm³/mol. The lowest BCUT2D eigenvalue weighted by molar-refractivity contribution is 0.229. The van der Waals surface area contributed by atoms with Crippen molar-refractivity contribution in [3.63, 3.8) is 0 Å². The molecule has 0 amide bonds. The molecule has 2 aromatic carbocycles. The molecule has 0 bridgehead atoms. The Kier molecular flexibility index (Phi) is 6.88. The number of fused-ring (bicyclic) bond motifs is 1. The van der Waals surface area contributed by atoms with Crippen molar-refractivity contribution in [1.29, 1.82) is 5.26 Å². The van der Waals surface area contributed by atoms with E-state index in [0.29, 0.717) is 34.8 Å². The van der Waals surface area contributed by atoms with Crippen molar-refractivity contribution in [2.24, 2.45) is 5.92 Å². The first kappa shape index (κ1) is 25.9. The monoisotopic (exact) mass is 556 g/mol. The average molecular weight is 557 g/mol. The highest BCUT2D eigenvalue weighted by atomic mass is 35.5. The van der Waals surface area contributed by atoms with Crippen LogP contribution in [-0.4, -0.2) is 50.7 Å². The zero-order valence-electron chi connectivity index (χ0n) is 21.8. The van der Waals surface area contributed by atoms with E-state index >= 15 is 0 Å². The molecule has 2 aromatic heterocycles. The largest absolute Gasteiger partial charge is 0.382 e. The smallest absolute Gasteiger partial charge is 0.281 e. The standard InChI is InChI=1S/C28H29ClN10O/c29-20-7-4-8-21-22(20)27(40)39(38-13-11-37(12-14-38)16-17-5-2-1-3-6-17)26(33-21)23(18-9-10-18)34-25-19(15-30)24(31)35-28(32)36-25/h1-8,18,23H,9-14,16H2,(H5,31,32,34,35,36). The number of benzene rings is 2. The summed E-state index contributed by atoms with van der Waals surface area (Å²) in [6.07, 6.45) is 1.87. The Hall–Kier alpha value is -4.40. The number of nitrogens with two attached hydrogens (primary N) is 2. The van der Waals surface area contributed by atoms with E-state index in [1.54, 1.807) is 22.9 Å². The summed E-state index contributed by atoms with van der Waals surface area (Å²) in [6.45, 7) is 3.66. The normalized spacial score (nSPS) is 16.6. The van der Waals surface area contributed by atoms with Crippen LogP contribution in [0, 0.1) is 17.2 Å². The Morgan fingerprint density at radius 3 is 2.48 bits per heavy atom. The molecule has 1 aliphatic heterocycles. The molecule has 1 saturated carbocycles. The Morgan fingerprint density at radius 2 is 1.77 bits per heavy atom. The number of hydrogen-bond acceptors (Lipinski definition) is 10. The number of hydrogen-bond donors (Lipinski definition) is 3. The van der Waals surface area contributed by atoms with Gasteiger partial charge in [-0.3, -0.25) is 9.69 Å². The number of piperazine rings is 1. The predicted octanol–water partition coefficient (Wildman–Crippen LogP) is 2.89. The van der Waals surface area contributed by atoms with Crippen molar-refractivity contribution in [1.82, 2.24) is 24.5 Å². The molecule has 4 aromatic rings. The van der Waals surface area contributed by atoms with Gasteiger partial charge in [-0.2, -0.15) is 15.2 Å². The van der Waals surface area contributed by atoms with Crippen molar-refractivity contribution in [3.8, 4) is 6.07 Å². The van der Waals surface area contributed by atoms with Crippen molar-refractivity contribution in [3.05, 3.63) is 80.9 Å². The van der Waals surface area contributed by atoms with Crippen LogP contribution in [0.5, 0.6) is 0 Å². The molecule has 5 N–H and O–H groups in total. The summed E-state index contributed by atoms with van der Waals surface area (Å²) in [7, 11) is 0. The summed E-state index contributed by atoms with van der Waals surface area (Å²) in [5.74, 6) is 0.900. The number of anilines is 3. The fourth-order valence-corrected chi connectivity index (χ4v) is 5.54. The fraction of sp³-hybridized carbons (Fsp3) is 0.321. The molecule has 1 unspecified atom stereocenters. The molecule has 40 heavy (non-hydrogen) atoms. The van der Waals surface area contributed by atoms with Crippen molar-refractivity contribution >= 4 is 40.1 Å². The highest BCUT2D eigenvalue weighted by molar-refractivity contribution is 6.35. The zero-order chi connectivity index (χ0) is 27.8. The van der Waals surface area contributed by atoms with Gasteiger partial charge in [0.2, 0.25) is 5.95 Å². The number of halogens is 1. The highest BCUT2D eigenvalue weighted by Gasteiger charge is 2.38. The second-order valence-electron chi connectivity index (χ2n) is 10.2. The third-order valence-corrected chi connectivity index (χ3v) is 7.78. The third kappa shape index (κ3) is 4.99. The van der Waals surface area contributed by atoms with Gasteiger partial charge >= 0.3 is 0 Å². The molecule has 1 saturated heterocycles. The van der Waals surface area contributed by atoms with Gasteiger partial charge in [-0.1, -0.05) is 48.0 Å². The molecule has 0 radical (unpaired) electrons. The molecule has 6 rings (SSSR count). The lowest BCUT2D eigenvalue weighted by Gasteiger charge is -2.38. The van der Waals surface area contributed by atoms with Crippen LogP contribution in [0.25, 0.3) is 10.9 Å². The first-order chi connectivity index (χ1) is 19.4. The van der Waals surface area contributed by atoms with E-state index in [-0.39, 0.29) is 34.6 Å². The topological polar surface area (TPSA) is 155 Å². The lowest BCUT2D eigenvalue weighted by atomic mass is 10.1. The molecule has 12 heteroatoms. The highest BCUT2D eigenvalue weighted by Crippen LogP contribution is 2.43. The van der Waals surface area contributed by atoms with E-state index in [1.807, 2.05) is 23.2 Å². The zero-order valence-corrected chi connectivity index (χ0v) is 22.6. The number of nitrogens with one attached hydrogen (secondary N) is 1. The van der Waals surface area contributed by atoms with Gasteiger partial charge in [0.05, 0.1) is 22.0 Å². The van der Waals surface area contributed by atoms with Crippen LogP contribution in [0.4, 0.5) is 17.6 Å². The van der Waals surface area contributed by atoms with E-state index in [4.69, 9.17) is 28.1 Å². The van der Waals surface area contributed by atoms with Crippen LogP contribution in [-0.2, 0) is 6.54 Å². The minimum Gasteiger partial charge on any atom is -0.382 e. The SMILES string of the molecule is N#Cc1c(N)nc(N)nc1NC(c1nc2cccc(Cl)c2c(=O)n1N1CCN(Cc2ccccc2)CC1)C1CC1. The average Bonchev–Trinajstić information content (AvgIpc) is 3.78. The molecule has 1 atom stereocenters. The Balaban J connectivity index is 1.40. The van der Waals surface area contributed by atoms with Gasteiger partial charge in [-0.15, -0.1) is 0 Å². The molecule has 2 fully saturated rings. The second-order valence-corrected chi connectivity index (χ2v) is 10.6. The Morgan fingerprint density at radius 1 is 1.02 bits per heavy atom. The van der Waals surface area contributed by atoms with Gasteiger partial charge in [0.1, 0.15) is 17.5 Å². The summed E-state index contributed by atoms with van der Waals surface area (Å²) in [5, 5.41) is 15.9. The van der Waals surface area contributed by atoms with Crippen LogP contribution in [0.3, 0.4) is 0 Å². The number of rotatable bonds is 7. The molecule has 1 aliphatic carbocycles. The van der Waals surface area contributed by atoms with Crippen LogP contribution < -0.4 is 27.4 Å². The Labute approximate surface area is 236 Å². The van der Waals surface area contributed by atoms with Crippen LogP contribution >= 0.6 is 11.6 Å². The maximum atomic E-state index is 14.1. The van der Waals surface area contributed by atoms with E-state index < -0.39 is 6.04 Å². The van der Waals surface area contributed by atoms with Gasteiger partial charge in [0.25, 0.3) is 5.56 Å². The third-order valence-electron chi connectivity index (χ3n) is 7.46. The summed E-state index contributed by atoms with van der Waals surface area (Å²) < 4.78 is 1.67. The van der Waals surface area contributed by atoms with Gasteiger partial charge in [-0.25, -0.2) is 9.66 Å². The minimum atomic E-state index is -0.417. The maximum absolute atomic E-state index is 14.1. The first-order valence-corrected chi connectivity index (χ1v) is 13.6. The lowest BCUT2D eigenvalue weighted by Crippen LogP contribution is -2.55. The van der Waals surface area contributed by atoms with E-state index in [9.17, 15) is 10.1 Å². The van der Waals surface area contributed by atoms with E-state index in [0.717, 1.165) is 32.5 Å². The molecule has 2 aliphatic rings. The molecule has 3 heterocycles. The quantitative estimate of drug-likeness (QED) is 0.309. The number of nitrogen functional groups attached to an aromatic ring is 2. The second kappa shape index (κ2) is 10.6.